The van der Waals surface area contributed by atoms with Crippen molar-refractivity contribution in [2.75, 3.05) is 32.2 Å². The molecule has 5 rings (SSSR count). The number of fused-ring (bicyclic) bond motifs is 1. The fraction of sp³-hybridized carbons (Fsp3) is 0.429. The summed E-state index contributed by atoms with van der Waals surface area (Å²) < 4.78 is 19.9. The fourth-order valence-electron chi connectivity index (χ4n) is 4.10. The van der Waals surface area contributed by atoms with Crippen LogP contribution in [0.3, 0.4) is 0 Å². The molecule has 2 aromatic heterocycles. The van der Waals surface area contributed by atoms with Crippen molar-refractivity contribution in [1.29, 1.82) is 0 Å². The first kappa shape index (κ1) is 19.9. The normalized spacial score (nSPS) is 24.8. The van der Waals surface area contributed by atoms with Crippen LogP contribution in [-0.2, 0) is 16.0 Å². The number of anilines is 1. The summed E-state index contributed by atoms with van der Waals surface area (Å²) in [6, 6.07) is 14.1. The Hall–Kier alpha value is -3.08. The van der Waals surface area contributed by atoms with Gasteiger partial charge in [-0.3, -0.25) is 4.98 Å². The van der Waals surface area contributed by atoms with Crippen LogP contribution in [-0.4, -0.2) is 70.8 Å². The molecule has 0 aliphatic carbocycles. The van der Waals surface area contributed by atoms with Gasteiger partial charge in [0.2, 0.25) is 0 Å². The Morgan fingerprint density at radius 2 is 2.03 bits per heavy atom. The summed E-state index contributed by atoms with van der Waals surface area (Å²) in [6.07, 6.45) is 1.67. The van der Waals surface area contributed by atoms with Crippen molar-refractivity contribution in [3.63, 3.8) is 0 Å². The van der Waals surface area contributed by atoms with E-state index >= 15 is 0 Å². The van der Waals surface area contributed by atoms with Crippen LogP contribution < -0.4 is 15.0 Å². The van der Waals surface area contributed by atoms with Crippen molar-refractivity contribution in [3.05, 3.63) is 54.4 Å². The number of rotatable bonds is 7. The van der Waals surface area contributed by atoms with E-state index in [2.05, 4.69) is 25.8 Å². The van der Waals surface area contributed by atoms with Crippen molar-refractivity contribution >= 4 is 5.69 Å². The lowest BCUT2D eigenvalue weighted by molar-refractivity contribution is -0.708. The van der Waals surface area contributed by atoms with E-state index in [9.17, 15) is 0 Å². The lowest BCUT2D eigenvalue weighted by atomic mass is 10.1. The van der Waals surface area contributed by atoms with Gasteiger partial charge in [-0.25, -0.2) is 0 Å². The molecule has 1 aromatic carbocycles. The Balaban J connectivity index is 1.26. The fourth-order valence-corrected chi connectivity index (χ4v) is 4.10. The zero-order chi connectivity index (χ0) is 21.2. The van der Waals surface area contributed by atoms with Gasteiger partial charge in [-0.05, 0) is 34.7 Å². The van der Waals surface area contributed by atoms with E-state index in [0.29, 0.717) is 25.0 Å². The molecule has 3 aromatic rings. The van der Waals surface area contributed by atoms with Crippen LogP contribution in [0.5, 0.6) is 11.8 Å². The second kappa shape index (κ2) is 8.58. The maximum absolute atomic E-state index is 6.11. The first-order valence-electron chi connectivity index (χ1n) is 10.4. The van der Waals surface area contributed by atoms with Crippen LogP contribution in [0.1, 0.15) is 11.7 Å². The number of tetrazole rings is 1. The SMILES string of the molecule is CN(C)c1cccc(Oc2nnnn2[C@H]2CO[C@H]3[C@@H]2OC[C@@H]3[NH2+]Cc2ccccn2)c1. The Bertz CT molecular complexity index is 1010. The highest BCUT2D eigenvalue weighted by Gasteiger charge is 2.51. The van der Waals surface area contributed by atoms with Gasteiger partial charge in [0.15, 0.2) is 0 Å². The molecule has 2 N–H and O–H groups in total. The summed E-state index contributed by atoms with van der Waals surface area (Å²) in [4.78, 5) is 6.40. The molecule has 2 fully saturated rings. The predicted octanol–water partition coefficient (Wildman–Crippen LogP) is 0.397. The molecule has 162 valence electrons. The monoisotopic (exact) mass is 424 g/mol. The van der Waals surface area contributed by atoms with Gasteiger partial charge in [0.05, 0.1) is 12.3 Å². The Kier molecular flexibility index (Phi) is 5.49. The van der Waals surface area contributed by atoms with E-state index in [4.69, 9.17) is 14.2 Å². The second-order valence-corrected chi connectivity index (χ2v) is 7.99. The third-order valence-corrected chi connectivity index (χ3v) is 5.74. The predicted molar refractivity (Wildman–Crippen MR) is 111 cm³/mol. The standard InChI is InChI=1S/C21H25N7O3/c1-27(2)15-7-5-8-16(10-15)31-21-24-25-26-28(21)18-13-30-19-17(12-29-20(18)19)23-11-14-6-3-4-9-22-14/h3-10,17-20,23H,11-13H2,1-2H3/p+1/t17-,18-,19+,20+/m0/s1. The minimum Gasteiger partial charge on any atom is -0.423 e. The maximum Gasteiger partial charge on any atom is 0.341 e. The number of nitrogens with two attached hydrogens (primary N) is 1. The van der Waals surface area contributed by atoms with E-state index in [-0.39, 0.29) is 24.3 Å². The second-order valence-electron chi connectivity index (χ2n) is 7.99. The molecule has 0 bridgehead atoms. The van der Waals surface area contributed by atoms with Crippen LogP contribution >= 0.6 is 0 Å². The highest BCUT2D eigenvalue weighted by atomic mass is 16.6. The quantitative estimate of drug-likeness (QED) is 0.581. The van der Waals surface area contributed by atoms with Gasteiger partial charge in [0.1, 0.15) is 43.2 Å². The molecule has 0 saturated carbocycles. The molecule has 2 aliphatic rings. The zero-order valence-electron chi connectivity index (χ0n) is 17.5. The number of hydrogen-bond donors (Lipinski definition) is 1. The molecule has 31 heavy (non-hydrogen) atoms. The molecule has 2 aliphatic heterocycles. The van der Waals surface area contributed by atoms with E-state index in [0.717, 1.165) is 17.9 Å². The molecular weight excluding hydrogens is 398 g/mol. The van der Waals surface area contributed by atoms with Crippen LogP contribution in [0, 0.1) is 0 Å². The van der Waals surface area contributed by atoms with Crippen LogP contribution in [0.2, 0.25) is 0 Å². The Morgan fingerprint density at radius 1 is 1.13 bits per heavy atom. The van der Waals surface area contributed by atoms with Crippen molar-refractivity contribution in [1.82, 2.24) is 25.2 Å². The molecule has 0 amide bonds. The average molecular weight is 424 g/mol. The van der Waals surface area contributed by atoms with Crippen LogP contribution in [0.4, 0.5) is 5.69 Å². The minimum atomic E-state index is -0.139. The van der Waals surface area contributed by atoms with E-state index in [1.54, 1.807) is 4.68 Å². The summed E-state index contributed by atoms with van der Waals surface area (Å²) in [5.74, 6) is 0.673. The average Bonchev–Trinajstić information content (AvgIpc) is 3.50. The van der Waals surface area contributed by atoms with E-state index < -0.39 is 0 Å². The highest BCUT2D eigenvalue weighted by molar-refractivity contribution is 5.49. The number of pyridine rings is 1. The zero-order valence-corrected chi connectivity index (χ0v) is 17.5. The smallest absolute Gasteiger partial charge is 0.341 e. The van der Waals surface area contributed by atoms with Crippen LogP contribution in [0.15, 0.2) is 48.7 Å². The summed E-state index contributed by atoms with van der Waals surface area (Å²) in [5.41, 5.74) is 2.07. The van der Waals surface area contributed by atoms with Crippen molar-refractivity contribution in [3.8, 4) is 11.8 Å². The lowest BCUT2D eigenvalue weighted by Gasteiger charge is -2.17. The molecule has 4 atom stereocenters. The van der Waals surface area contributed by atoms with Crippen molar-refractivity contribution < 1.29 is 19.5 Å². The minimum absolute atomic E-state index is 0.0252. The van der Waals surface area contributed by atoms with Gasteiger partial charge in [0, 0.05) is 32.0 Å². The molecule has 2 saturated heterocycles. The van der Waals surface area contributed by atoms with Gasteiger partial charge in [-0.1, -0.05) is 17.2 Å². The van der Waals surface area contributed by atoms with Gasteiger partial charge >= 0.3 is 6.01 Å². The van der Waals surface area contributed by atoms with E-state index in [1.807, 2.05) is 67.7 Å². The molecule has 0 unspecified atom stereocenters. The van der Waals surface area contributed by atoms with Crippen molar-refractivity contribution in [2.24, 2.45) is 0 Å². The Labute approximate surface area is 180 Å². The van der Waals surface area contributed by atoms with Gasteiger partial charge in [-0.2, -0.15) is 4.68 Å². The maximum atomic E-state index is 6.11. The van der Waals surface area contributed by atoms with E-state index in [1.165, 1.54) is 0 Å². The molecule has 0 spiro atoms. The summed E-state index contributed by atoms with van der Waals surface area (Å²) in [5, 5.41) is 14.3. The van der Waals surface area contributed by atoms with Gasteiger partial charge in [-0.15, -0.1) is 0 Å². The molecular formula is C21H26N7O3+. The number of benzene rings is 1. The number of nitrogens with zero attached hydrogens (tertiary/aromatic N) is 6. The number of quaternary nitrogens is 1. The molecule has 0 radical (unpaired) electrons. The first-order chi connectivity index (χ1) is 15.2. The summed E-state index contributed by atoms with van der Waals surface area (Å²) >= 11 is 0. The molecule has 10 nitrogen and oxygen atoms in total. The molecule has 10 heteroatoms. The highest BCUT2D eigenvalue weighted by Crippen LogP contribution is 2.35. The number of ether oxygens (including phenoxy) is 3. The number of hydrogen-bond acceptors (Lipinski definition) is 8. The lowest BCUT2D eigenvalue weighted by Crippen LogP contribution is -2.91. The van der Waals surface area contributed by atoms with Gasteiger partial charge in [0.25, 0.3) is 0 Å². The Morgan fingerprint density at radius 3 is 2.87 bits per heavy atom. The summed E-state index contributed by atoms with van der Waals surface area (Å²) in [6.45, 7) is 1.87. The topological polar surface area (TPSA) is 104 Å². The van der Waals surface area contributed by atoms with Crippen LogP contribution in [0.25, 0.3) is 0 Å². The third-order valence-electron chi connectivity index (χ3n) is 5.74. The molecule has 4 heterocycles. The van der Waals surface area contributed by atoms with Crippen molar-refractivity contribution in [2.45, 2.75) is 30.8 Å². The first-order valence-corrected chi connectivity index (χ1v) is 10.4. The number of aromatic nitrogens is 5. The van der Waals surface area contributed by atoms with Gasteiger partial charge < -0.3 is 24.4 Å². The third kappa shape index (κ3) is 4.09. The summed E-state index contributed by atoms with van der Waals surface area (Å²) in [7, 11) is 3.97. The largest absolute Gasteiger partial charge is 0.423 e.